The minimum atomic E-state index is -0.0721. The van der Waals surface area contributed by atoms with E-state index in [1.807, 2.05) is 46.0 Å². The van der Waals surface area contributed by atoms with Crippen LogP contribution >= 0.6 is 0 Å². The van der Waals surface area contributed by atoms with E-state index in [4.69, 9.17) is 0 Å². The summed E-state index contributed by atoms with van der Waals surface area (Å²) in [7, 11) is 1.83. The number of hydrogen-bond donors (Lipinski definition) is 1. The lowest BCUT2D eigenvalue weighted by molar-refractivity contribution is -0.134. The zero-order chi connectivity index (χ0) is 18.4. The second-order valence-corrected chi connectivity index (χ2v) is 7.92. The zero-order valence-corrected chi connectivity index (χ0v) is 15.8. The molecule has 2 rings (SSSR count). The highest BCUT2D eigenvalue weighted by atomic mass is 16.2. The van der Waals surface area contributed by atoms with Crippen LogP contribution in [0.4, 0.5) is 5.82 Å². The highest BCUT2D eigenvalue weighted by Gasteiger charge is 2.26. The van der Waals surface area contributed by atoms with E-state index in [2.05, 4.69) is 15.2 Å². The molecule has 0 atom stereocenters. The number of aromatic nitrogens is 1. The third-order valence-corrected chi connectivity index (χ3v) is 4.51. The van der Waals surface area contributed by atoms with Crippen LogP contribution in [0.3, 0.4) is 0 Å². The van der Waals surface area contributed by atoms with Gasteiger partial charge in [-0.25, -0.2) is 4.98 Å². The Labute approximate surface area is 150 Å². The molecule has 1 saturated heterocycles. The molecule has 0 aromatic carbocycles. The van der Waals surface area contributed by atoms with Crippen LogP contribution in [0.5, 0.6) is 0 Å². The summed E-state index contributed by atoms with van der Waals surface area (Å²) in [5, 5.41) is 2.74. The number of nitrogens with one attached hydrogen (secondary N) is 1. The quantitative estimate of drug-likeness (QED) is 0.886. The fourth-order valence-electron chi connectivity index (χ4n) is 3.07. The predicted molar refractivity (Wildman–Crippen MR) is 99.3 cm³/mol. The molecule has 0 spiro atoms. The summed E-state index contributed by atoms with van der Waals surface area (Å²) in [6.07, 6.45) is 4.05. The van der Waals surface area contributed by atoms with Gasteiger partial charge in [-0.3, -0.25) is 9.59 Å². The molecular formula is C19H30N4O2. The first kappa shape index (κ1) is 19.2. The lowest BCUT2D eigenvalue weighted by atomic mass is 9.92. The average molecular weight is 346 g/mol. The number of carbonyl (C=O) groups is 2. The fourth-order valence-corrected chi connectivity index (χ4v) is 3.07. The van der Waals surface area contributed by atoms with Crippen molar-refractivity contribution >= 4 is 17.6 Å². The second-order valence-electron chi connectivity index (χ2n) is 7.92. The van der Waals surface area contributed by atoms with Gasteiger partial charge in [0.25, 0.3) is 0 Å². The maximum absolute atomic E-state index is 12.3. The first-order valence-corrected chi connectivity index (χ1v) is 8.94. The van der Waals surface area contributed by atoms with Crippen molar-refractivity contribution in [3.8, 4) is 0 Å². The van der Waals surface area contributed by atoms with Crippen LogP contribution in [0.1, 0.15) is 40.0 Å². The third-order valence-electron chi connectivity index (χ3n) is 4.51. The van der Waals surface area contributed by atoms with Crippen LogP contribution in [0, 0.1) is 5.41 Å². The van der Waals surface area contributed by atoms with Gasteiger partial charge >= 0.3 is 0 Å². The van der Waals surface area contributed by atoms with Crippen LogP contribution in [-0.2, 0) is 9.59 Å². The molecule has 1 N–H and O–H groups in total. The number of rotatable bonds is 5. The van der Waals surface area contributed by atoms with Crippen LogP contribution in [-0.4, -0.2) is 54.4 Å². The van der Waals surface area contributed by atoms with E-state index in [1.165, 1.54) is 0 Å². The van der Waals surface area contributed by atoms with Gasteiger partial charge in [0.05, 0.1) is 6.54 Å². The lowest BCUT2D eigenvalue weighted by Gasteiger charge is -2.37. The molecular weight excluding hydrogens is 316 g/mol. The van der Waals surface area contributed by atoms with E-state index < -0.39 is 0 Å². The Kier molecular flexibility index (Phi) is 6.39. The molecule has 0 unspecified atom stereocenters. The number of amides is 2. The average Bonchev–Trinajstić information content (AvgIpc) is 2.58. The van der Waals surface area contributed by atoms with E-state index >= 15 is 0 Å². The van der Waals surface area contributed by atoms with E-state index in [-0.39, 0.29) is 29.8 Å². The molecule has 0 radical (unpaired) electrons. The summed E-state index contributed by atoms with van der Waals surface area (Å²) in [5.74, 6) is 0.891. The van der Waals surface area contributed by atoms with Crippen LogP contribution in [0.15, 0.2) is 24.4 Å². The maximum Gasteiger partial charge on any atom is 0.241 e. The van der Waals surface area contributed by atoms with Gasteiger partial charge < -0.3 is 15.1 Å². The van der Waals surface area contributed by atoms with Crippen molar-refractivity contribution in [1.82, 2.24) is 15.2 Å². The highest BCUT2D eigenvalue weighted by Crippen LogP contribution is 2.20. The molecule has 1 aromatic rings. The number of hydrogen-bond acceptors (Lipinski definition) is 4. The molecule has 6 heteroatoms. The van der Waals surface area contributed by atoms with Crippen molar-refractivity contribution in [3.63, 3.8) is 0 Å². The van der Waals surface area contributed by atoms with Gasteiger partial charge in [0.15, 0.2) is 0 Å². The minimum absolute atomic E-state index is 0.0291. The first-order valence-electron chi connectivity index (χ1n) is 8.94. The number of nitrogens with zero attached hydrogens (tertiary/aromatic N) is 3. The Morgan fingerprint density at radius 1 is 1.28 bits per heavy atom. The highest BCUT2D eigenvalue weighted by molar-refractivity contribution is 5.85. The number of likely N-dealkylation sites (N-methyl/N-ethyl adjacent to an activating group) is 1. The molecule has 6 nitrogen and oxygen atoms in total. The molecule has 0 bridgehead atoms. The van der Waals surface area contributed by atoms with Gasteiger partial charge in [-0.05, 0) is 30.4 Å². The largest absolute Gasteiger partial charge is 0.356 e. The fraction of sp³-hybridized carbons (Fsp3) is 0.632. The normalized spacial score (nSPS) is 15.8. The number of piperidine rings is 1. The van der Waals surface area contributed by atoms with Crippen LogP contribution in [0.25, 0.3) is 0 Å². The molecule has 138 valence electrons. The van der Waals surface area contributed by atoms with Crippen molar-refractivity contribution < 1.29 is 9.59 Å². The Hall–Kier alpha value is -2.11. The molecule has 2 heterocycles. The monoisotopic (exact) mass is 346 g/mol. The summed E-state index contributed by atoms with van der Waals surface area (Å²) in [6.45, 7) is 7.87. The van der Waals surface area contributed by atoms with E-state index in [0.717, 1.165) is 31.7 Å². The Morgan fingerprint density at radius 2 is 1.96 bits per heavy atom. The SMILES string of the molecule is CN(C(=O)CNC(=O)CC(C)(C)C)C1CCN(c2ccccn2)CC1. The van der Waals surface area contributed by atoms with Gasteiger partial charge in [0.2, 0.25) is 11.8 Å². The van der Waals surface area contributed by atoms with Crippen molar-refractivity contribution in [2.75, 3.05) is 31.6 Å². The predicted octanol–water partition coefficient (Wildman–Crippen LogP) is 2.06. The number of anilines is 1. The van der Waals surface area contributed by atoms with Gasteiger partial charge in [0, 0.05) is 38.8 Å². The summed E-state index contributed by atoms with van der Waals surface area (Å²) in [5.41, 5.74) is -0.0721. The van der Waals surface area contributed by atoms with Crippen molar-refractivity contribution in [1.29, 1.82) is 0 Å². The van der Waals surface area contributed by atoms with Crippen molar-refractivity contribution in [3.05, 3.63) is 24.4 Å². The summed E-state index contributed by atoms with van der Waals surface area (Å²) in [4.78, 5) is 32.6. The molecule has 1 fully saturated rings. The van der Waals surface area contributed by atoms with Crippen LogP contribution < -0.4 is 10.2 Å². The molecule has 1 aliphatic rings. The molecule has 25 heavy (non-hydrogen) atoms. The molecule has 2 amide bonds. The summed E-state index contributed by atoms with van der Waals surface area (Å²) >= 11 is 0. The summed E-state index contributed by atoms with van der Waals surface area (Å²) in [6, 6.07) is 6.13. The molecule has 1 aromatic heterocycles. The topological polar surface area (TPSA) is 65.5 Å². The van der Waals surface area contributed by atoms with Gasteiger partial charge in [-0.2, -0.15) is 0 Å². The van der Waals surface area contributed by atoms with E-state index in [9.17, 15) is 9.59 Å². The Balaban J connectivity index is 1.77. The third kappa shape index (κ3) is 6.03. The Bertz CT molecular complexity index is 575. The lowest BCUT2D eigenvalue weighted by Crippen LogP contribution is -2.48. The maximum atomic E-state index is 12.3. The standard InChI is InChI=1S/C19H30N4O2/c1-19(2,3)13-17(24)21-14-18(25)22(4)15-8-11-23(12-9-15)16-7-5-6-10-20-16/h5-7,10,15H,8-9,11-14H2,1-4H3,(H,21,24). The van der Waals surface area contributed by atoms with E-state index in [1.54, 1.807) is 11.1 Å². The number of carbonyl (C=O) groups excluding carboxylic acids is 2. The first-order chi connectivity index (χ1) is 11.8. The van der Waals surface area contributed by atoms with Crippen LogP contribution in [0.2, 0.25) is 0 Å². The van der Waals surface area contributed by atoms with E-state index in [0.29, 0.717) is 6.42 Å². The van der Waals surface area contributed by atoms with Gasteiger partial charge in [0.1, 0.15) is 5.82 Å². The number of pyridine rings is 1. The van der Waals surface area contributed by atoms with Gasteiger partial charge in [-0.15, -0.1) is 0 Å². The van der Waals surface area contributed by atoms with Gasteiger partial charge in [-0.1, -0.05) is 26.8 Å². The summed E-state index contributed by atoms with van der Waals surface area (Å²) < 4.78 is 0. The zero-order valence-electron chi connectivity index (χ0n) is 15.8. The van der Waals surface area contributed by atoms with Crippen molar-refractivity contribution in [2.24, 2.45) is 5.41 Å². The second kappa shape index (κ2) is 8.32. The molecule has 0 saturated carbocycles. The smallest absolute Gasteiger partial charge is 0.241 e. The molecule has 1 aliphatic heterocycles. The van der Waals surface area contributed by atoms with Crippen molar-refractivity contribution in [2.45, 2.75) is 46.1 Å². The minimum Gasteiger partial charge on any atom is -0.356 e. The Morgan fingerprint density at radius 3 is 2.52 bits per heavy atom. The molecule has 0 aliphatic carbocycles.